The molecule has 1 fully saturated rings. The van der Waals surface area contributed by atoms with Crippen LogP contribution in [0.3, 0.4) is 0 Å². The summed E-state index contributed by atoms with van der Waals surface area (Å²) >= 11 is 0. The number of hydrogen-bond donors (Lipinski definition) is 1. The number of carbonyl (C=O) groups is 2. The average molecular weight is 698 g/mol. The van der Waals surface area contributed by atoms with Gasteiger partial charge in [-0.25, -0.2) is 14.6 Å². The predicted molar refractivity (Wildman–Crippen MR) is 171 cm³/mol. The second-order valence-electron chi connectivity index (χ2n) is 12.1. The van der Waals surface area contributed by atoms with Crippen molar-refractivity contribution < 1.29 is 50.5 Å². The number of ether oxygens (including phenoxy) is 2. The first-order valence-corrected chi connectivity index (χ1v) is 15.2. The van der Waals surface area contributed by atoms with Crippen LogP contribution in [0.4, 0.5) is 37.0 Å². The Labute approximate surface area is 282 Å². The molecule has 3 aromatic carbocycles. The number of cyclic esters (lactones) is 1. The average Bonchev–Trinajstić information content (AvgIpc) is 3.64. The molecule has 0 radical (unpaired) electrons. The maximum atomic E-state index is 13.7. The first-order chi connectivity index (χ1) is 23.5. The number of halogens is 6. The number of carboxylic acids is 1. The lowest BCUT2D eigenvalue weighted by Gasteiger charge is -2.26. The summed E-state index contributed by atoms with van der Waals surface area (Å²) < 4.78 is 93.3. The third-order valence-electron chi connectivity index (χ3n) is 8.72. The highest BCUT2D eigenvalue weighted by atomic mass is 19.4. The van der Waals surface area contributed by atoms with E-state index in [0.29, 0.717) is 46.1 Å². The Morgan fingerprint density at radius 2 is 1.54 bits per heavy atom. The number of alkyl halides is 6. The minimum absolute atomic E-state index is 0.0256. The number of nitrogens with zero attached hydrogens (tertiary/aromatic N) is 3. The van der Waals surface area contributed by atoms with Gasteiger partial charge in [0.1, 0.15) is 11.6 Å². The van der Waals surface area contributed by atoms with E-state index in [1.54, 1.807) is 62.3 Å². The normalized spacial score (nSPS) is 18.6. The highest BCUT2D eigenvalue weighted by molar-refractivity contribution is 5.89. The summed E-state index contributed by atoms with van der Waals surface area (Å²) in [5, 5.41) is 9.42. The first kappa shape index (κ1) is 34.3. The largest absolute Gasteiger partial charge is 0.496 e. The fourth-order valence-electron chi connectivity index (χ4n) is 6.32. The second-order valence-corrected chi connectivity index (χ2v) is 12.1. The molecular formula is C36H29F6N3O5. The van der Waals surface area contributed by atoms with Crippen molar-refractivity contribution in [2.75, 3.05) is 26.1 Å². The molecule has 8 nitrogen and oxygen atoms in total. The highest BCUT2D eigenvalue weighted by Gasteiger charge is 2.50. The van der Waals surface area contributed by atoms with Gasteiger partial charge in [-0.15, -0.1) is 0 Å². The molecule has 0 bridgehead atoms. The lowest BCUT2D eigenvalue weighted by molar-refractivity contribution is -0.143. The molecule has 4 aromatic rings. The molecule has 1 unspecified atom stereocenters. The molecule has 6 rings (SSSR count). The third kappa shape index (κ3) is 6.21. The molecule has 1 aromatic heterocycles. The van der Waals surface area contributed by atoms with Crippen LogP contribution in [0.1, 0.15) is 50.5 Å². The smallest absolute Gasteiger partial charge is 0.416 e. The topological polar surface area (TPSA) is 92.2 Å². The van der Waals surface area contributed by atoms with Gasteiger partial charge in [0.25, 0.3) is 0 Å². The Morgan fingerprint density at radius 3 is 2.12 bits per heavy atom. The summed E-state index contributed by atoms with van der Waals surface area (Å²) in [5.41, 5.74) is 0.269. The number of carbonyl (C=O) groups excluding carboxylic acids is 1. The Kier molecular flexibility index (Phi) is 8.53. The summed E-state index contributed by atoms with van der Waals surface area (Å²) in [6.45, 7) is 1.78. The van der Waals surface area contributed by atoms with Crippen LogP contribution in [0.25, 0.3) is 22.3 Å². The van der Waals surface area contributed by atoms with Crippen molar-refractivity contribution >= 4 is 17.9 Å². The third-order valence-corrected chi connectivity index (χ3v) is 8.72. The van der Waals surface area contributed by atoms with Gasteiger partial charge in [0.2, 0.25) is 0 Å². The fraction of sp³-hybridized carbons (Fsp3) is 0.250. The van der Waals surface area contributed by atoms with Gasteiger partial charge in [-0.05, 0) is 83.8 Å². The number of rotatable bonds is 7. The Hall–Kier alpha value is -5.53. The molecule has 0 aliphatic carbocycles. The van der Waals surface area contributed by atoms with Gasteiger partial charge in [0, 0.05) is 25.2 Å². The number of fused-ring (bicyclic) bond motifs is 1. The molecule has 3 atom stereocenters. The maximum Gasteiger partial charge on any atom is 0.416 e. The number of aryl methyl sites for hydroxylation is 1. The van der Waals surface area contributed by atoms with Crippen molar-refractivity contribution in [3.8, 4) is 28.0 Å². The van der Waals surface area contributed by atoms with Crippen molar-refractivity contribution in [3.63, 3.8) is 0 Å². The van der Waals surface area contributed by atoms with Gasteiger partial charge in [0.15, 0.2) is 6.10 Å². The van der Waals surface area contributed by atoms with Crippen LogP contribution in [0.5, 0.6) is 5.75 Å². The van der Waals surface area contributed by atoms with Crippen LogP contribution < -0.4 is 9.64 Å². The molecule has 1 N–H and O–H groups in total. The molecule has 260 valence electrons. The molecule has 1 saturated heterocycles. The Balaban J connectivity index is 1.45. The van der Waals surface area contributed by atoms with Gasteiger partial charge in [-0.3, -0.25) is 4.90 Å². The van der Waals surface area contributed by atoms with Gasteiger partial charge >= 0.3 is 24.4 Å². The van der Waals surface area contributed by atoms with E-state index < -0.39 is 59.3 Å². The fourth-order valence-corrected chi connectivity index (χ4v) is 6.32. The Bertz CT molecular complexity index is 2010. The van der Waals surface area contributed by atoms with E-state index in [-0.39, 0.29) is 11.6 Å². The molecule has 2 aliphatic rings. The first-order valence-electron chi connectivity index (χ1n) is 15.2. The molecular weight excluding hydrogens is 668 g/mol. The number of hydrogen-bond acceptors (Lipinski definition) is 6. The lowest BCUT2D eigenvalue weighted by Crippen LogP contribution is -2.32. The number of benzene rings is 3. The van der Waals surface area contributed by atoms with Crippen LogP contribution in [-0.4, -0.2) is 54.3 Å². The van der Waals surface area contributed by atoms with E-state index in [1.165, 1.54) is 24.2 Å². The zero-order valence-electron chi connectivity index (χ0n) is 26.9. The van der Waals surface area contributed by atoms with E-state index >= 15 is 0 Å². The number of aromatic nitrogens is 1. The number of methoxy groups -OCH3 is 1. The SMILES string of the molecule is COc1ccc(-c2ccc(C(=O)O)cc2C)cc1-c1ccc(N(C)C)nc1[C@@H]1C=CC2[C@@H](c3cc(C(F)(F)F)cc(C(F)(F)F)c3)OC(=O)N21. The summed E-state index contributed by atoms with van der Waals surface area (Å²) in [7, 11) is 5.00. The number of carboxylic acid groups (broad SMARTS) is 1. The van der Waals surface area contributed by atoms with Crippen molar-refractivity contribution in [2.24, 2.45) is 0 Å². The highest BCUT2D eigenvalue weighted by Crippen LogP contribution is 2.48. The predicted octanol–water partition coefficient (Wildman–Crippen LogP) is 8.71. The van der Waals surface area contributed by atoms with Crippen molar-refractivity contribution in [3.05, 3.63) is 112 Å². The molecule has 0 saturated carbocycles. The number of aromatic carboxylic acids is 1. The lowest BCUT2D eigenvalue weighted by atomic mass is 9.92. The minimum atomic E-state index is -5.08. The molecule has 14 heteroatoms. The van der Waals surface area contributed by atoms with Crippen LogP contribution in [-0.2, 0) is 17.1 Å². The van der Waals surface area contributed by atoms with Gasteiger partial charge < -0.3 is 19.5 Å². The number of amides is 1. The monoisotopic (exact) mass is 697 g/mol. The van der Waals surface area contributed by atoms with Crippen LogP contribution in [0, 0.1) is 6.92 Å². The van der Waals surface area contributed by atoms with E-state index in [9.17, 15) is 41.0 Å². The van der Waals surface area contributed by atoms with Crippen LogP contribution in [0.2, 0.25) is 0 Å². The molecule has 50 heavy (non-hydrogen) atoms. The number of pyridine rings is 1. The zero-order chi connectivity index (χ0) is 36.3. The van der Waals surface area contributed by atoms with E-state index in [1.807, 2.05) is 12.1 Å². The summed E-state index contributed by atoms with van der Waals surface area (Å²) in [4.78, 5) is 32.8. The van der Waals surface area contributed by atoms with E-state index in [0.717, 1.165) is 11.1 Å². The molecule has 2 aliphatic heterocycles. The van der Waals surface area contributed by atoms with Crippen molar-refractivity contribution in [1.29, 1.82) is 0 Å². The molecule has 3 heterocycles. The summed E-state index contributed by atoms with van der Waals surface area (Å²) in [6, 6.07) is 12.8. The van der Waals surface area contributed by atoms with Crippen molar-refractivity contribution in [1.82, 2.24) is 9.88 Å². The van der Waals surface area contributed by atoms with Crippen LogP contribution >= 0.6 is 0 Å². The van der Waals surface area contributed by atoms with Crippen molar-refractivity contribution in [2.45, 2.75) is 37.5 Å². The quantitative estimate of drug-likeness (QED) is 0.153. The number of anilines is 1. The van der Waals surface area contributed by atoms with E-state index in [4.69, 9.17) is 14.5 Å². The summed E-state index contributed by atoms with van der Waals surface area (Å²) in [6.07, 6.45) is -9.44. The van der Waals surface area contributed by atoms with Gasteiger partial charge in [0.05, 0.1) is 41.6 Å². The van der Waals surface area contributed by atoms with Gasteiger partial charge in [-0.2, -0.15) is 26.3 Å². The maximum absolute atomic E-state index is 13.7. The molecule has 1 amide bonds. The Morgan fingerprint density at radius 1 is 0.880 bits per heavy atom. The van der Waals surface area contributed by atoms with Crippen LogP contribution in [0.15, 0.2) is 78.9 Å². The second kappa shape index (κ2) is 12.4. The zero-order valence-corrected chi connectivity index (χ0v) is 26.9. The standard InChI is InChI=1S/C36H29F6N3O5/c1-18-13-20(33(46)47)5-7-24(18)19-6-11-29(49-4)26(16-19)25-8-12-30(44(2)3)43-31(25)27-9-10-28-32(50-34(48)45(27)28)21-14-22(35(37,38)39)17-23(15-21)36(40,41)42/h5-17,27-28,32H,1-4H3,(H,46,47)/t27-,28?,32+/m0/s1. The van der Waals surface area contributed by atoms with Gasteiger partial charge in [-0.1, -0.05) is 24.3 Å². The van der Waals surface area contributed by atoms with E-state index in [2.05, 4.69) is 0 Å². The minimum Gasteiger partial charge on any atom is -0.496 e. The summed E-state index contributed by atoms with van der Waals surface area (Å²) in [5.74, 6) is -0.114. The molecule has 0 spiro atoms.